The van der Waals surface area contributed by atoms with Gasteiger partial charge in [-0.15, -0.1) is 11.8 Å². The Bertz CT molecular complexity index is 2820. The molecule has 61 heavy (non-hydrogen) atoms. The largest absolute Gasteiger partial charge is 0.493 e. The van der Waals surface area contributed by atoms with Crippen LogP contribution >= 0.6 is 11.8 Å². The average molecular weight is 841 g/mol. The van der Waals surface area contributed by atoms with E-state index in [1.165, 1.54) is 16.8 Å². The van der Waals surface area contributed by atoms with Crippen molar-refractivity contribution in [3.63, 3.8) is 0 Å². The molecule has 6 aromatic rings. The molecule has 0 bridgehead atoms. The predicted octanol–water partition coefficient (Wildman–Crippen LogP) is 6.56. The summed E-state index contributed by atoms with van der Waals surface area (Å²) in [6.07, 6.45) is 11.6. The number of anilines is 3. The van der Waals surface area contributed by atoms with Crippen LogP contribution in [0.5, 0.6) is 5.75 Å². The monoisotopic (exact) mass is 840 g/mol. The number of imidazole rings is 1. The van der Waals surface area contributed by atoms with Gasteiger partial charge in [-0.25, -0.2) is 4.98 Å². The number of amides is 4. The standard InChI is InChI=1S/C44H44N10O6S/c1-25-14-30-20-45-33-19-37(26(2)15-32(33)43(58)54(30)21-25)60-13-7-8-39(55)48-38-24-52(5)40(49-38)42(57)47-28-17-35(50(3)22-28)41(56)46-29-18-36(51(4)23-29)44(59)53-12-11-27-16-31(61-6)9-10-34(27)53/h9-12,15-20,22-24,30H,1,7-8,13-14,21H2,2-6H3,(H,46,56)(H,47,57)(H,48,55). The first-order valence-electron chi connectivity index (χ1n) is 19.5. The zero-order chi connectivity index (χ0) is 43.1. The summed E-state index contributed by atoms with van der Waals surface area (Å²) < 4.78 is 12.3. The molecular weight excluding hydrogens is 797 g/mol. The minimum Gasteiger partial charge on any atom is -0.493 e. The molecule has 0 radical (unpaired) electrons. The quantitative estimate of drug-likeness (QED) is 0.0705. The fraction of sp³-hybridized carbons (Fsp3) is 0.250. The molecule has 4 aromatic heterocycles. The number of benzene rings is 2. The lowest BCUT2D eigenvalue weighted by atomic mass is 10.1. The SMILES string of the molecule is C=C1CC2C=Nc3cc(OCCCC(=O)Nc4cn(C)c(C(=O)Nc5cc(C(=O)Nc6cc(C(=O)n7ccc8cc(SC)ccc87)n(C)c6)n(C)c5)n4)c(C)cc3C(=O)N2C1. The van der Waals surface area contributed by atoms with Crippen LogP contribution < -0.4 is 20.7 Å². The van der Waals surface area contributed by atoms with Crippen molar-refractivity contribution in [2.75, 3.05) is 35.4 Å². The molecule has 0 spiro atoms. The molecular formula is C44H44N10O6S. The second-order valence-electron chi connectivity index (χ2n) is 15.2. The number of hydrogen-bond donors (Lipinski definition) is 3. The predicted molar refractivity (Wildman–Crippen MR) is 235 cm³/mol. The van der Waals surface area contributed by atoms with Gasteiger partial charge in [-0.3, -0.25) is 33.5 Å². The Kier molecular flexibility index (Phi) is 11.0. The maximum absolute atomic E-state index is 13.5. The van der Waals surface area contributed by atoms with Gasteiger partial charge in [-0.05, 0) is 74.0 Å². The molecule has 1 atom stereocenters. The minimum atomic E-state index is -0.546. The highest BCUT2D eigenvalue weighted by atomic mass is 32.2. The van der Waals surface area contributed by atoms with E-state index in [1.807, 2.05) is 37.4 Å². The average Bonchev–Trinajstić information content (AvgIpc) is 4.05. The highest BCUT2D eigenvalue weighted by molar-refractivity contribution is 7.98. The topological polar surface area (TPSA) is 179 Å². The van der Waals surface area contributed by atoms with Gasteiger partial charge in [0.05, 0.1) is 40.8 Å². The molecule has 3 N–H and O–H groups in total. The van der Waals surface area contributed by atoms with Crippen LogP contribution in [0.2, 0.25) is 0 Å². The molecule has 8 rings (SSSR count). The molecule has 312 valence electrons. The Morgan fingerprint density at radius 3 is 2.41 bits per heavy atom. The fourth-order valence-electron chi connectivity index (χ4n) is 7.61. The van der Waals surface area contributed by atoms with Crippen molar-refractivity contribution in [1.29, 1.82) is 0 Å². The summed E-state index contributed by atoms with van der Waals surface area (Å²) >= 11 is 1.63. The van der Waals surface area contributed by atoms with Crippen LogP contribution in [-0.2, 0) is 25.9 Å². The van der Waals surface area contributed by atoms with Crippen LogP contribution in [0.1, 0.15) is 66.8 Å². The summed E-state index contributed by atoms with van der Waals surface area (Å²) in [6.45, 7) is 6.67. The lowest BCUT2D eigenvalue weighted by molar-refractivity contribution is -0.116. The highest BCUT2D eigenvalue weighted by Gasteiger charge is 2.34. The number of aryl methyl sites for hydroxylation is 4. The number of fused-ring (bicyclic) bond motifs is 3. The van der Waals surface area contributed by atoms with Crippen LogP contribution in [0.3, 0.4) is 0 Å². The van der Waals surface area contributed by atoms with E-state index in [-0.39, 0.29) is 54.1 Å². The van der Waals surface area contributed by atoms with E-state index in [0.29, 0.717) is 53.5 Å². The van der Waals surface area contributed by atoms with Crippen LogP contribution in [-0.4, -0.2) is 89.4 Å². The second-order valence-corrected chi connectivity index (χ2v) is 16.1. The second kappa shape index (κ2) is 16.5. The molecule has 17 heteroatoms. The first kappa shape index (κ1) is 40.6. The summed E-state index contributed by atoms with van der Waals surface area (Å²) in [5, 5.41) is 9.31. The number of nitrogens with one attached hydrogen (secondary N) is 3. The third-order valence-corrected chi connectivity index (χ3v) is 11.4. The Labute approximate surface area is 355 Å². The molecule has 0 aliphatic carbocycles. The molecule has 2 aromatic carbocycles. The van der Waals surface area contributed by atoms with E-state index in [0.717, 1.165) is 26.9 Å². The van der Waals surface area contributed by atoms with Gasteiger partial charge in [0.2, 0.25) is 11.7 Å². The number of aromatic nitrogens is 5. The van der Waals surface area contributed by atoms with E-state index < -0.39 is 11.8 Å². The molecule has 2 aliphatic heterocycles. The number of thioether (sulfide) groups is 1. The maximum atomic E-state index is 13.5. The lowest BCUT2D eigenvalue weighted by Crippen LogP contribution is -2.35. The Balaban J connectivity index is 0.830. The molecule has 6 heterocycles. The van der Waals surface area contributed by atoms with Crippen LogP contribution in [0.15, 0.2) is 95.4 Å². The molecule has 2 aliphatic rings. The molecule has 1 saturated heterocycles. The lowest BCUT2D eigenvalue weighted by Gasteiger charge is -2.20. The van der Waals surface area contributed by atoms with E-state index in [4.69, 9.17) is 4.74 Å². The zero-order valence-corrected chi connectivity index (χ0v) is 35.1. The van der Waals surface area contributed by atoms with Gasteiger partial charge in [0, 0.05) is 81.5 Å². The summed E-state index contributed by atoms with van der Waals surface area (Å²) in [5.41, 5.74) is 5.10. The van der Waals surface area contributed by atoms with E-state index >= 15 is 0 Å². The summed E-state index contributed by atoms with van der Waals surface area (Å²) in [4.78, 5) is 78.0. The van der Waals surface area contributed by atoms with Crippen molar-refractivity contribution in [3.05, 3.63) is 114 Å². The number of nitrogens with zero attached hydrogens (tertiary/aromatic N) is 7. The number of rotatable bonds is 12. The Morgan fingerprint density at radius 2 is 1.64 bits per heavy atom. The van der Waals surface area contributed by atoms with Crippen LogP contribution in [0.25, 0.3) is 10.9 Å². The molecule has 4 amide bonds. The number of carbonyl (C=O) groups is 5. The van der Waals surface area contributed by atoms with Crippen LogP contribution in [0.4, 0.5) is 22.9 Å². The number of carbonyl (C=O) groups excluding carboxylic acids is 5. The van der Waals surface area contributed by atoms with E-state index in [1.54, 1.807) is 94.5 Å². The number of ether oxygens (including phenoxy) is 1. The van der Waals surface area contributed by atoms with Gasteiger partial charge in [0.1, 0.15) is 17.1 Å². The van der Waals surface area contributed by atoms with Crippen LogP contribution in [0, 0.1) is 6.92 Å². The smallest absolute Gasteiger partial charge is 0.291 e. The van der Waals surface area contributed by atoms with Gasteiger partial charge in [0.25, 0.3) is 23.6 Å². The van der Waals surface area contributed by atoms with Gasteiger partial charge in [-0.2, -0.15) is 0 Å². The zero-order valence-electron chi connectivity index (χ0n) is 34.3. The number of hydrogen-bond acceptors (Lipinski definition) is 9. The normalized spacial score (nSPS) is 14.5. The Morgan fingerprint density at radius 1 is 0.902 bits per heavy atom. The molecule has 0 saturated carbocycles. The van der Waals surface area contributed by atoms with Crippen molar-refractivity contribution in [2.24, 2.45) is 26.1 Å². The maximum Gasteiger partial charge on any atom is 0.291 e. The van der Waals surface area contributed by atoms with Gasteiger partial charge in [0.15, 0.2) is 5.82 Å². The minimum absolute atomic E-state index is 0.0420. The van der Waals surface area contributed by atoms with E-state index in [2.05, 4.69) is 32.5 Å². The summed E-state index contributed by atoms with van der Waals surface area (Å²) in [5.74, 6) is -0.769. The first-order valence-corrected chi connectivity index (χ1v) is 20.8. The van der Waals surface area contributed by atoms with E-state index in [9.17, 15) is 24.0 Å². The van der Waals surface area contributed by atoms with Crippen molar-refractivity contribution >= 4 is 81.3 Å². The third kappa shape index (κ3) is 8.23. The van der Waals surface area contributed by atoms with Gasteiger partial charge in [-0.1, -0.05) is 12.2 Å². The fourth-order valence-corrected chi connectivity index (χ4v) is 8.06. The Hall–Kier alpha value is -7.14. The number of aliphatic imine (C=N–C) groups is 1. The molecule has 1 unspecified atom stereocenters. The summed E-state index contributed by atoms with van der Waals surface area (Å²) in [7, 11) is 5.05. The molecule has 1 fully saturated rings. The van der Waals surface area contributed by atoms with Gasteiger partial charge >= 0.3 is 0 Å². The van der Waals surface area contributed by atoms with Crippen molar-refractivity contribution < 1.29 is 28.7 Å². The third-order valence-electron chi connectivity index (χ3n) is 10.7. The molecule has 16 nitrogen and oxygen atoms in total. The van der Waals surface area contributed by atoms with Crippen molar-refractivity contribution in [1.82, 2.24) is 28.2 Å². The highest BCUT2D eigenvalue weighted by Crippen LogP contribution is 2.35. The van der Waals surface area contributed by atoms with Gasteiger partial charge < -0.3 is 39.3 Å². The summed E-state index contributed by atoms with van der Waals surface area (Å²) in [6, 6.07) is 14.4. The van der Waals surface area contributed by atoms with Crippen molar-refractivity contribution in [3.8, 4) is 5.75 Å². The van der Waals surface area contributed by atoms with Crippen molar-refractivity contribution in [2.45, 2.75) is 37.1 Å². The first-order chi connectivity index (χ1) is 29.3.